The zero-order chi connectivity index (χ0) is 10.9. The molecule has 14 heavy (non-hydrogen) atoms. The largest absolute Gasteiger partial charge is 0.321 e. The number of hydrogen-bond acceptors (Lipinski definition) is 1. The Labute approximate surface area is 85.1 Å². The Morgan fingerprint density at radius 3 is 2.43 bits per heavy atom. The van der Waals surface area contributed by atoms with Crippen LogP contribution in [0.15, 0.2) is 18.2 Å². The standard InChI is InChI=1S/C12H18FN/c1-8(2)12(4,14)10-7-9(3)5-6-11(10)13/h5-8H,14H2,1-4H3/t12-/m1/s1. The van der Waals surface area contributed by atoms with Crippen LogP contribution >= 0.6 is 0 Å². The molecular weight excluding hydrogens is 177 g/mol. The summed E-state index contributed by atoms with van der Waals surface area (Å²) in [4.78, 5) is 0. The van der Waals surface area contributed by atoms with E-state index in [1.54, 1.807) is 6.07 Å². The minimum absolute atomic E-state index is 0.207. The second-order valence-corrected chi connectivity index (χ2v) is 4.42. The lowest BCUT2D eigenvalue weighted by atomic mass is 9.82. The molecule has 0 aliphatic carbocycles. The van der Waals surface area contributed by atoms with Crippen LogP contribution in [0.4, 0.5) is 4.39 Å². The molecule has 0 saturated heterocycles. The highest BCUT2D eigenvalue weighted by Crippen LogP contribution is 2.28. The van der Waals surface area contributed by atoms with E-state index in [9.17, 15) is 4.39 Å². The van der Waals surface area contributed by atoms with Gasteiger partial charge in [0.1, 0.15) is 5.82 Å². The van der Waals surface area contributed by atoms with Gasteiger partial charge >= 0.3 is 0 Å². The van der Waals surface area contributed by atoms with Crippen molar-refractivity contribution in [3.63, 3.8) is 0 Å². The second kappa shape index (κ2) is 3.70. The molecule has 0 aromatic heterocycles. The minimum atomic E-state index is -0.601. The first-order valence-electron chi connectivity index (χ1n) is 4.91. The molecule has 1 atom stereocenters. The molecule has 1 aromatic rings. The van der Waals surface area contributed by atoms with Crippen molar-refractivity contribution in [3.8, 4) is 0 Å². The Hall–Kier alpha value is -0.890. The third-order valence-electron chi connectivity index (χ3n) is 2.90. The fourth-order valence-electron chi connectivity index (χ4n) is 1.36. The van der Waals surface area contributed by atoms with Crippen molar-refractivity contribution in [1.82, 2.24) is 0 Å². The van der Waals surface area contributed by atoms with Gasteiger partial charge in [-0.2, -0.15) is 0 Å². The van der Waals surface area contributed by atoms with E-state index in [1.165, 1.54) is 6.07 Å². The predicted molar refractivity (Wildman–Crippen MR) is 57.5 cm³/mol. The second-order valence-electron chi connectivity index (χ2n) is 4.42. The van der Waals surface area contributed by atoms with E-state index in [2.05, 4.69) is 0 Å². The van der Waals surface area contributed by atoms with E-state index in [0.717, 1.165) is 5.56 Å². The lowest BCUT2D eigenvalue weighted by Crippen LogP contribution is -2.39. The first-order valence-corrected chi connectivity index (χ1v) is 4.91. The molecule has 78 valence electrons. The first-order chi connectivity index (χ1) is 6.35. The number of rotatable bonds is 2. The molecule has 1 nitrogen and oxygen atoms in total. The van der Waals surface area contributed by atoms with Crippen LogP contribution < -0.4 is 5.73 Å². The molecule has 0 aliphatic rings. The Balaban J connectivity index is 3.24. The fourth-order valence-corrected chi connectivity index (χ4v) is 1.36. The van der Waals surface area contributed by atoms with E-state index in [0.29, 0.717) is 5.56 Å². The summed E-state index contributed by atoms with van der Waals surface area (Å²) >= 11 is 0. The maximum atomic E-state index is 13.5. The van der Waals surface area contributed by atoms with Gasteiger partial charge in [0.05, 0.1) is 0 Å². The molecular formula is C12H18FN. The quantitative estimate of drug-likeness (QED) is 0.771. The molecule has 0 unspecified atom stereocenters. The van der Waals surface area contributed by atoms with Gasteiger partial charge in [-0.15, -0.1) is 0 Å². The van der Waals surface area contributed by atoms with Crippen LogP contribution in [-0.4, -0.2) is 0 Å². The summed E-state index contributed by atoms with van der Waals surface area (Å²) in [5, 5.41) is 0. The van der Waals surface area contributed by atoms with Crippen molar-refractivity contribution >= 4 is 0 Å². The van der Waals surface area contributed by atoms with Crippen LogP contribution in [-0.2, 0) is 5.54 Å². The summed E-state index contributed by atoms with van der Waals surface area (Å²) in [6.07, 6.45) is 0. The van der Waals surface area contributed by atoms with E-state index in [1.807, 2.05) is 33.8 Å². The molecule has 0 spiro atoms. The van der Waals surface area contributed by atoms with Crippen LogP contribution in [0, 0.1) is 18.7 Å². The van der Waals surface area contributed by atoms with E-state index in [-0.39, 0.29) is 11.7 Å². The highest BCUT2D eigenvalue weighted by molar-refractivity contribution is 5.30. The maximum Gasteiger partial charge on any atom is 0.128 e. The van der Waals surface area contributed by atoms with Crippen molar-refractivity contribution in [1.29, 1.82) is 0 Å². The van der Waals surface area contributed by atoms with Crippen LogP contribution in [0.5, 0.6) is 0 Å². The SMILES string of the molecule is Cc1ccc(F)c([C@](C)(N)C(C)C)c1. The van der Waals surface area contributed by atoms with Crippen LogP contribution in [0.3, 0.4) is 0 Å². The van der Waals surface area contributed by atoms with Crippen molar-refractivity contribution in [3.05, 3.63) is 35.1 Å². The molecule has 0 aliphatic heterocycles. The molecule has 0 fully saturated rings. The zero-order valence-corrected chi connectivity index (χ0v) is 9.26. The average molecular weight is 195 g/mol. The van der Waals surface area contributed by atoms with Gasteiger partial charge < -0.3 is 5.73 Å². The third-order valence-corrected chi connectivity index (χ3v) is 2.90. The number of aryl methyl sites for hydroxylation is 1. The highest BCUT2D eigenvalue weighted by atomic mass is 19.1. The van der Waals surface area contributed by atoms with E-state index >= 15 is 0 Å². The summed E-state index contributed by atoms with van der Waals surface area (Å²) in [7, 11) is 0. The molecule has 0 heterocycles. The molecule has 0 amide bonds. The average Bonchev–Trinajstić information content (AvgIpc) is 2.08. The van der Waals surface area contributed by atoms with Gasteiger partial charge in [0.25, 0.3) is 0 Å². The molecule has 1 rings (SSSR count). The topological polar surface area (TPSA) is 26.0 Å². The number of nitrogens with two attached hydrogens (primary N) is 1. The van der Waals surface area contributed by atoms with E-state index < -0.39 is 5.54 Å². The van der Waals surface area contributed by atoms with Crippen LogP contribution in [0.1, 0.15) is 31.9 Å². The van der Waals surface area contributed by atoms with Crippen LogP contribution in [0.25, 0.3) is 0 Å². The normalized spacial score (nSPS) is 15.6. The summed E-state index contributed by atoms with van der Waals surface area (Å²) < 4.78 is 13.5. The summed E-state index contributed by atoms with van der Waals surface area (Å²) in [5.41, 5.74) is 7.15. The molecule has 0 radical (unpaired) electrons. The van der Waals surface area contributed by atoms with Crippen molar-refractivity contribution in [2.75, 3.05) is 0 Å². The van der Waals surface area contributed by atoms with Gasteiger partial charge in [0, 0.05) is 11.1 Å². The highest BCUT2D eigenvalue weighted by Gasteiger charge is 2.28. The van der Waals surface area contributed by atoms with Crippen molar-refractivity contribution < 1.29 is 4.39 Å². The van der Waals surface area contributed by atoms with Gasteiger partial charge in [-0.05, 0) is 25.8 Å². The molecule has 2 N–H and O–H groups in total. The number of hydrogen-bond donors (Lipinski definition) is 1. The lowest BCUT2D eigenvalue weighted by Gasteiger charge is -2.30. The summed E-state index contributed by atoms with van der Waals surface area (Å²) in [5.74, 6) is -0.00639. The summed E-state index contributed by atoms with van der Waals surface area (Å²) in [6, 6.07) is 5.07. The van der Waals surface area contributed by atoms with Crippen molar-refractivity contribution in [2.24, 2.45) is 11.7 Å². The summed E-state index contributed by atoms with van der Waals surface area (Å²) in [6.45, 7) is 7.82. The minimum Gasteiger partial charge on any atom is -0.321 e. The Bertz CT molecular complexity index is 329. The lowest BCUT2D eigenvalue weighted by molar-refractivity contribution is 0.337. The first kappa shape index (κ1) is 11.2. The fraction of sp³-hybridized carbons (Fsp3) is 0.500. The zero-order valence-electron chi connectivity index (χ0n) is 9.26. The number of benzene rings is 1. The van der Waals surface area contributed by atoms with Gasteiger partial charge in [-0.1, -0.05) is 31.5 Å². The smallest absolute Gasteiger partial charge is 0.128 e. The molecule has 0 saturated carbocycles. The van der Waals surface area contributed by atoms with E-state index in [4.69, 9.17) is 5.73 Å². The Kier molecular flexibility index (Phi) is 2.95. The predicted octanol–water partition coefficient (Wildman–Crippen LogP) is 2.96. The van der Waals surface area contributed by atoms with Gasteiger partial charge in [-0.3, -0.25) is 0 Å². The third kappa shape index (κ3) is 1.95. The Morgan fingerprint density at radius 1 is 1.36 bits per heavy atom. The molecule has 1 aromatic carbocycles. The van der Waals surface area contributed by atoms with Crippen LogP contribution in [0.2, 0.25) is 0 Å². The molecule has 2 heteroatoms. The Morgan fingerprint density at radius 2 is 1.93 bits per heavy atom. The van der Waals surface area contributed by atoms with Gasteiger partial charge in [-0.25, -0.2) is 4.39 Å². The van der Waals surface area contributed by atoms with Crippen molar-refractivity contribution in [2.45, 2.75) is 33.2 Å². The van der Waals surface area contributed by atoms with Gasteiger partial charge in [0.2, 0.25) is 0 Å². The number of halogens is 1. The molecule has 0 bridgehead atoms. The monoisotopic (exact) mass is 195 g/mol. The maximum absolute atomic E-state index is 13.5. The van der Waals surface area contributed by atoms with Gasteiger partial charge in [0.15, 0.2) is 0 Å².